The Kier molecular flexibility index (Phi) is 4.54. The summed E-state index contributed by atoms with van der Waals surface area (Å²) in [5.74, 6) is -0.683. The summed E-state index contributed by atoms with van der Waals surface area (Å²) < 4.78 is 4.55. The van der Waals surface area contributed by atoms with Crippen LogP contribution in [0.5, 0.6) is 5.75 Å². The predicted octanol–water partition coefficient (Wildman–Crippen LogP) is 2.12. The van der Waals surface area contributed by atoms with Crippen LogP contribution in [0.3, 0.4) is 0 Å². The third kappa shape index (κ3) is 3.57. The number of phenolic OH excluding ortho intramolecular Hbond substituents is 1. The molecule has 0 bridgehead atoms. The number of carbonyl (C=O) groups excluding carboxylic acids is 2. The number of ether oxygens (including phenoxy) is 1. The van der Waals surface area contributed by atoms with Crippen LogP contribution in [-0.4, -0.2) is 29.1 Å². The molecule has 0 aliphatic carbocycles. The van der Waals surface area contributed by atoms with E-state index < -0.39 is 0 Å². The van der Waals surface area contributed by atoms with Gasteiger partial charge in [-0.2, -0.15) is 0 Å². The molecule has 1 aromatic carbocycles. The fourth-order valence-electron chi connectivity index (χ4n) is 1.70. The van der Waals surface area contributed by atoms with E-state index in [0.29, 0.717) is 22.0 Å². The zero-order valence-electron chi connectivity index (χ0n) is 11.5. The van der Waals surface area contributed by atoms with Crippen molar-refractivity contribution in [2.45, 2.75) is 13.3 Å². The Balaban J connectivity index is 2.09. The summed E-state index contributed by atoms with van der Waals surface area (Å²) in [6, 6.07) is 4.74. The minimum Gasteiger partial charge on any atom is -0.508 e. The first-order chi connectivity index (χ1) is 10.0. The first kappa shape index (κ1) is 15.0. The Bertz CT molecular complexity index is 681. The van der Waals surface area contributed by atoms with Crippen LogP contribution < -0.4 is 5.32 Å². The highest BCUT2D eigenvalue weighted by atomic mass is 32.1. The number of benzene rings is 1. The third-order valence-electron chi connectivity index (χ3n) is 2.88. The molecule has 0 saturated heterocycles. The average molecular weight is 306 g/mol. The first-order valence-electron chi connectivity index (χ1n) is 6.12. The molecule has 0 atom stereocenters. The highest BCUT2D eigenvalue weighted by Gasteiger charge is 2.14. The number of rotatable bonds is 4. The number of esters is 1. The van der Waals surface area contributed by atoms with Crippen molar-refractivity contribution >= 4 is 28.3 Å². The normalized spacial score (nSPS) is 10.2. The lowest BCUT2D eigenvalue weighted by molar-refractivity contribution is -0.139. The molecule has 0 spiro atoms. The van der Waals surface area contributed by atoms with Crippen molar-refractivity contribution in [3.05, 3.63) is 40.4 Å². The summed E-state index contributed by atoms with van der Waals surface area (Å²) in [5, 5.41) is 14.3. The van der Waals surface area contributed by atoms with Crippen LogP contribution in [0.1, 0.15) is 21.6 Å². The molecular weight excluding hydrogens is 292 g/mol. The van der Waals surface area contributed by atoms with Gasteiger partial charge in [0.25, 0.3) is 5.91 Å². The largest absolute Gasteiger partial charge is 0.508 e. The maximum Gasteiger partial charge on any atom is 0.311 e. The van der Waals surface area contributed by atoms with Gasteiger partial charge in [-0.05, 0) is 19.1 Å². The van der Waals surface area contributed by atoms with Gasteiger partial charge in [0, 0.05) is 16.5 Å². The lowest BCUT2D eigenvalue weighted by Gasteiger charge is -2.06. The highest BCUT2D eigenvalue weighted by molar-refractivity contribution is 7.14. The molecular formula is C14H14N2O4S. The van der Waals surface area contributed by atoms with E-state index in [1.54, 1.807) is 24.4 Å². The summed E-state index contributed by atoms with van der Waals surface area (Å²) in [7, 11) is 1.31. The predicted molar refractivity (Wildman–Crippen MR) is 78.6 cm³/mol. The molecule has 6 nitrogen and oxygen atoms in total. The number of aromatic hydroxyl groups is 1. The minimum atomic E-state index is -0.387. The van der Waals surface area contributed by atoms with Crippen molar-refractivity contribution in [1.29, 1.82) is 0 Å². The van der Waals surface area contributed by atoms with Crippen LogP contribution >= 0.6 is 11.3 Å². The maximum absolute atomic E-state index is 12.1. The Labute approximate surface area is 125 Å². The molecule has 1 heterocycles. The van der Waals surface area contributed by atoms with Crippen LogP contribution in [0.25, 0.3) is 0 Å². The number of anilines is 1. The van der Waals surface area contributed by atoms with E-state index >= 15 is 0 Å². The zero-order valence-corrected chi connectivity index (χ0v) is 12.4. The molecule has 0 fully saturated rings. The second-order valence-electron chi connectivity index (χ2n) is 4.30. The number of amides is 1. The molecule has 0 aliphatic rings. The van der Waals surface area contributed by atoms with E-state index in [4.69, 9.17) is 0 Å². The number of carbonyl (C=O) groups is 2. The minimum absolute atomic E-state index is 0.0631. The fraction of sp³-hybridized carbons (Fsp3) is 0.214. The summed E-state index contributed by atoms with van der Waals surface area (Å²) in [6.07, 6.45) is 0.0635. The van der Waals surface area contributed by atoms with Gasteiger partial charge in [0.05, 0.1) is 19.2 Å². The SMILES string of the molecule is COC(=O)Cc1csc(NC(=O)c2cccc(O)c2C)n1. The smallest absolute Gasteiger partial charge is 0.311 e. The van der Waals surface area contributed by atoms with Crippen molar-refractivity contribution < 1.29 is 19.4 Å². The van der Waals surface area contributed by atoms with Gasteiger partial charge >= 0.3 is 5.97 Å². The van der Waals surface area contributed by atoms with E-state index in [9.17, 15) is 14.7 Å². The average Bonchev–Trinajstić information content (AvgIpc) is 2.88. The lowest BCUT2D eigenvalue weighted by Crippen LogP contribution is -2.13. The van der Waals surface area contributed by atoms with Crippen molar-refractivity contribution in [1.82, 2.24) is 4.98 Å². The van der Waals surface area contributed by atoms with E-state index in [1.807, 2.05) is 0 Å². The van der Waals surface area contributed by atoms with E-state index in [-0.39, 0.29) is 24.0 Å². The summed E-state index contributed by atoms with van der Waals surface area (Å²) in [5.41, 5.74) is 1.41. The number of nitrogens with zero attached hydrogens (tertiary/aromatic N) is 1. The number of phenols is 1. The molecule has 0 aliphatic heterocycles. The van der Waals surface area contributed by atoms with Gasteiger partial charge in [-0.3, -0.25) is 14.9 Å². The highest BCUT2D eigenvalue weighted by Crippen LogP contribution is 2.22. The summed E-state index contributed by atoms with van der Waals surface area (Å²) in [4.78, 5) is 27.4. The zero-order chi connectivity index (χ0) is 15.4. The van der Waals surface area contributed by atoms with Gasteiger partial charge < -0.3 is 9.84 Å². The molecule has 2 aromatic rings. The lowest BCUT2D eigenvalue weighted by atomic mass is 10.1. The standard InChI is InChI=1S/C14H14N2O4S/c1-8-10(4-3-5-11(8)17)13(19)16-14-15-9(7-21-14)6-12(18)20-2/h3-5,7,17H,6H2,1-2H3,(H,15,16,19). The van der Waals surface area contributed by atoms with Crippen molar-refractivity contribution in [3.63, 3.8) is 0 Å². The molecule has 1 amide bonds. The molecule has 0 radical (unpaired) electrons. The topological polar surface area (TPSA) is 88.5 Å². The molecule has 110 valence electrons. The van der Waals surface area contributed by atoms with E-state index in [0.717, 1.165) is 0 Å². The Morgan fingerprint density at radius 3 is 2.90 bits per heavy atom. The molecule has 1 aromatic heterocycles. The Morgan fingerprint density at radius 1 is 1.43 bits per heavy atom. The van der Waals surface area contributed by atoms with Crippen molar-refractivity contribution in [3.8, 4) is 5.75 Å². The second-order valence-corrected chi connectivity index (χ2v) is 5.16. The van der Waals surface area contributed by atoms with Gasteiger partial charge in [-0.15, -0.1) is 11.3 Å². The molecule has 7 heteroatoms. The van der Waals surface area contributed by atoms with Crippen molar-refractivity contribution in [2.75, 3.05) is 12.4 Å². The van der Waals surface area contributed by atoms with Crippen LogP contribution in [0, 0.1) is 6.92 Å². The van der Waals surface area contributed by atoms with Crippen molar-refractivity contribution in [2.24, 2.45) is 0 Å². The maximum atomic E-state index is 12.1. The van der Waals surface area contributed by atoms with Crippen LogP contribution in [-0.2, 0) is 16.0 Å². The summed E-state index contributed by atoms with van der Waals surface area (Å²) in [6.45, 7) is 1.66. The molecule has 2 N–H and O–H groups in total. The number of nitrogens with one attached hydrogen (secondary N) is 1. The third-order valence-corrected chi connectivity index (χ3v) is 3.68. The van der Waals surface area contributed by atoms with Gasteiger partial charge in [0.1, 0.15) is 5.75 Å². The van der Waals surface area contributed by atoms with Crippen LogP contribution in [0.2, 0.25) is 0 Å². The number of methoxy groups -OCH3 is 1. The second kappa shape index (κ2) is 6.36. The number of aromatic nitrogens is 1. The first-order valence-corrected chi connectivity index (χ1v) is 7.00. The van der Waals surface area contributed by atoms with E-state index in [2.05, 4.69) is 15.0 Å². The molecule has 21 heavy (non-hydrogen) atoms. The number of hydrogen-bond donors (Lipinski definition) is 2. The Hall–Kier alpha value is -2.41. The molecule has 0 unspecified atom stereocenters. The van der Waals surface area contributed by atoms with Gasteiger partial charge in [-0.25, -0.2) is 4.98 Å². The van der Waals surface area contributed by atoms with Crippen LogP contribution in [0.15, 0.2) is 23.6 Å². The Morgan fingerprint density at radius 2 is 2.19 bits per heavy atom. The number of thiazole rings is 1. The fourth-order valence-corrected chi connectivity index (χ4v) is 2.40. The quantitative estimate of drug-likeness (QED) is 0.845. The van der Waals surface area contributed by atoms with Gasteiger partial charge in [-0.1, -0.05) is 6.07 Å². The number of hydrogen-bond acceptors (Lipinski definition) is 6. The summed E-state index contributed by atoms with van der Waals surface area (Å²) >= 11 is 1.22. The van der Waals surface area contributed by atoms with Gasteiger partial charge in [0.15, 0.2) is 5.13 Å². The molecule has 2 rings (SSSR count). The molecule has 0 saturated carbocycles. The van der Waals surface area contributed by atoms with Gasteiger partial charge in [0.2, 0.25) is 0 Å². The monoisotopic (exact) mass is 306 g/mol. The van der Waals surface area contributed by atoms with E-state index in [1.165, 1.54) is 24.5 Å². The van der Waals surface area contributed by atoms with Crippen LogP contribution in [0.4, 0.5) is 5.13 Å².